The van der Waals surface area contributed by atoms with Crippen LogP contribution < -0.4 is 0 Å². The number of esters is 1. The molecule has 27 heavy (non-hydrogen) atoms. The molecule has 0 radical (unpaired) electrons. The quantitative estimate of drug-likeness (QED) is 0.573. The van der Waals surface area contributed by atoms with Crippen LogP contribution in [0, 0.1) is 5.41 Å². The molecule has 3 fully saturated rings. The predicted molar refractivity (Wildman–Crippen MR) is 106 cm³/mol. The molecule has 3 saturated heterocycles. The molecule has 0 saturated carbocycles. The van der Waals surface area contributed by atoms with E-state index in [9.17, 15) is 9.59 Å². The molecule has 1 aromatic carbocycles. The molecule has 0 aliphatic carbocycles. The summed E-state index contributed by atoms with van der Waals surface area (Å²) in [5, 5.41) is 0. The lowest BCUT2D eigenvalue weighted by Crippen LogP contribution is -2.45. The number of carbonyl (C=O) groups is 2. The lowest BCUT2D eigenvalue weighted by molar-refractivity contribution is -0.152. The molecule has 0 N–H and O–H groups in total. The Hall–Kier alpha value is -1.53. The Balaban J connectivity index is 1.26. The Morgan fingerprint density at radius 2 is 1.81 bits per heavy atom. The largest absolute Gasteiger partial charge is 0.461 e. The zero-order valence-electron chi connectivity index (χ0n) is 15.8. The van der Waals surface area contributed by atoms with Crippen LogP contribution in [0.4, 0.5) is 0 Å². The zero-order chi connectivity index (χ0) is 18.7. The number of ether oxygens (including phenoxy) is 1. The highest BCUT2D eigenvalue weighted by Gasteiger charge is 2.51. The van der Waals surface area contributed by atoms with Gasteiger partial charge in [0, 0.05) is 31.0 Å². The van der Waals surface area contributed by atoms with Gasteiger partial charge in [-0.3, -0.25) is 14.5 Å². The average Bonchev–Trinajstić information content (AvgIpc) is 3.30. The number of rotatable bonds is 5. The number of hydrogen-bond acceptors (Lipinski definition) is 5. The number of carbonyl (C=O) groups excluding carboxylic acids is 2. The lowest BCUT2D eigenvalue weighted by atomic mass is 9.76. The average molecular weight is 389 g/mol. The molecule has 1 amide bonds. The summed E-state index contributed by atoms with van der Waals surface area (Å²) >= 11 is 1.58. The molecule has 3 heterocycles. The van der Waals surface area contributed by atoms with Gasteiger partial charge in [-0.15, -0.1) is 11.8 Å². The van der Waals surface area contributed by atoms with Crippen molar-refractivity contribution < 1.29 is 14.3 Å². The first-order valence-electron chi connectivity index (χ1n) is 10.0. The number of amides is 1. The highest BCUT2D eigenvalue weighted by Crippen LogP contribution is 2.43. The summed E-state index contributed by atoms with van der Waals surface area (Å²) in [5.41, 5.74) is -0.353. The van der Waals surface area contributed by atoms with Crippen molar-refractivity contribution in [3.8, 4) is 0 Å². The van der Waals surface area contributed by atoms with Crippen molar-refractivity contribution >= 4 is 23.6 Å². The molecule has 0 bridgehead atoms. The summed E-state index contributed by atoms with van der Waals surface area (Å²) in [6.45, 7) is 4.47. The molecular formula is C21H28N2O3S. The molecule has 1 spiro atoms. The van der Waals surface area contributed by atoms with E-state index in [-0.39, 0.29) is 23.4 Å². The van der Waals surface area contributed by atoms with E-state index in [2.05, 4.69) is 4.90 Å². The third kappa shape index (κ3) is 4.32. The van der Waals surface area contributed by atoms with Crippen molar-refractivity contribution in [2.24, 2.45) is 5.41 Å². The first-order chi connectivity index (χ1) is 13.1. The summed E-state index contributed by atoms with van der Waals surface area (Å²) in [5.74, 6) is 0.593. The highest BCUT2D eigenvalue weighted by molar-refractivity contribution is 8.00. The number of hydrogen-bond donors (Lipinski definition) is 0. The summed E-state index contributed by atoms with van der Waals surface area (Å²) in [4.78, 5) is 30.6. The van der Waals surface area contributed by atoms with Gasteiger partial charge < -0.3 is 9.64 Å². The summed E-state index contributed by atoms with van der Waals surface area (Å²) in [6.07, 6.45) is 4.84. The van der Waals surface area contributed by atoms with Crippen molar-refractivity contribution in [3.05, 3.63) is 30.3 Å². The fourth-order valence-electron chi connectivity index (χ4n) is 4.54. The Kier molecular flexibility index (Phi) is 5.74. The van der Waals surface area contributed by atoms with Crippen LogP contribution in [0.2, 0.25) is 0 Å². The SMILES string of the molecule is O=C(CSc1ccccc1)N1CCC2(CC1)CC(CN1CCCC1)OC2=O. The fourth-order valence-corrected chi connectivity index (χ4v) is 5.36. The van der Waals surface area contributed by atoms with Gasteiger partial charge in [-0.25, -0.2) is 0 Å². The Bertz CT molecular complexity index is 667. The van der Waals surface area contributed by atoms with Crippen LogP contribution in [0.15, 0.2) is 35.2 Å². The van der Waals surface area contributed by atoms with Crippen molar-refractivity contribution in [2.45, 2.75) is 43.1 Å². The molecule has 5 nitrogen and oxygen atoms in total. The Labute approximate surface area is 165 Å². The third-order valence-electron chi connectivity index (χ3n) is 6.16. The van der Waals surface area contributed by atoms with E-state index < -0.39 is 0 Å². The normalized spacial score (nSPS) is 25.1. The first-order valence-corrected chi connectivity index (χ1v) is 11.0. The second-order valence-corrected chi connectivity index (χ2v) is 9.05. The van der Waals surface area contributed by atoms with Crippen LogP contribution >= 0.6 is 11.8 Å². The molecule has 0 aromatic heterocycles. The van der Waals surface area contributed by atoms with Crippen molar-refractivity contribution in [1.29, 1.82) is 0 Å². The van der Waals surface area contributed by atoms with Gasteiger partial charge in [0.25, 0.3) is 0 Å². The van der Waals surface area contributed by atoms with E-state index in [4.69, 9.17) is 4.74 Å². The minimum atomic E-state index is -0.353. The van der Waals surface area contributed by atoms with E-state index in [1.54, 1.807) is 11.8 Å². The number of piperidine rings is 1. The molecule has 3 aliphatic rings. The van der Waals surface area contributed by atoms with Crippen LogP contribution in [0.3, 0.4) is 0 Å². The van der Waals surface area contributed by atoms with Crippen LogP contribution in [-0.4, -0.2) is 66.3 Å². The van der Waals surface area contributed by atoms with Crippen LogP contribution in [0.1, 0.15) is 32.1 Å². The number of cyclic esters (lactones) is 1. The predicted octanol–water partition coefficient (Wildman–Crippen LogP) is 2.80. The van der Waals surface area contributed by atoms with E-state index in [0.717, 1.165) is 43.8 Å². The molecule has 4 rings (SSSR count). The van der Waals surface area contributed by atoms with Gasteiger partial charge in [0.05, 0.1) is 11.2 Å². The zero-order valence-corrected chi connectivity index (χ0v) is 16.6. The van der Waals surface area contributed by atoms with Crippen LogP contribution in [0.5, 0.6) is 0 Å². The summed E-state index contributed by atoms with van der Waals surface area (Å²) in [6, 6.07) is 10.0. The maximum absolute atomic E-state index is 12.6. The minimum Gasteiger partial charge on any atom is -0.461 e. The van der Waals surface area contributed by atoms with Gasteiger partial charge in [-0.2, -0.15) is 0 Å². The summed E-state index contributed by atoms with van der Waals surface area (Å²) < 4.78 is 5.73. The van der Waals surface area contributed by atoms with Gasteiger partial charge in [-0.1, -0.05) is 18.2 Å². The number of likely N-dealkylation sites (tertiary alicyclic amines) is 2. The van der Waals surface area contributed by atoms with Gasteiger partial charge in [-0.05, 0) is 50.9 Å². The smallest absolute Gasteiger partial charge is 0.312 e. The highest BCUT2D eigenvalue weighted by atomic mass is 32.2. The fraction of sp³-hybridized carbons (Fsp3) is 0.619. The Morgan fingerprint density at radius 3 is 2.52 bits per heavy atom. The molecule has 146 valence electrons. The number of benzene rings is 1. The van der Waals surface area contributed by atoms with Crippen LogP contribution in [0.25, 0.3) is 0 Å². The molecular weight excluding hydrogens is 360 g/mol. The monoisotopic (exact) mass is 388 g/mol. The number of nitrogens with zero attached hydrogens (tertiary/aromatic N) is 2. The van der Waals surface area contributed by atoms with Crippen LogP contribution in [-0.2, 0) is 14.3 Å². The summed E-state index contributed by atoms with van der Waals surface area (Å²) in [7, 11) is 0. The van der Waals surface area contributed by atoms with Gasteiger partial charge >= 0.3 is 5.97 Å². The molecule has 1 aromatic rings. The van der Waals surface area contributed by atoms with Crippen molar-refractivity contribution in [3.63, 3.8) is 0 Å². The standard InChI is InChI=1S/C21H28N2O3S/c24-19(16-27-18-6-2-1-3-7-18)23-12-8-21(9-13-23)14-17(26-20(21)25)15-22-10-4-5-11-22/h1-3,6-7,17H,4-5,8-16H2. The molecule has 3 aliphatic heterocycles. The topological polar surface area (TPSA) is 49.9 Å². The molecule has 6 heteroatoms. The second kappa shape index (κ2) is 8.23. The van der Waals surface area contributed by atoms with Gasteiger partial charge in [0.1, 0.15) is 6.10 Å². The van der Waals surface area contributed by atoms with Crippen molar-refractivity contribution in [2.75, 3.05) is 38.5 Å². The first kappa shape index (κ1) is 18.8. The third-order valence-corrected chi connectivity index (χ3v) is 7.16. The second-order valence-electron chi connectivity index (χ2n) is 8.00. The van der Waals surface area contributed by atoms with Gasteiger partial charge in [0.15, 0.2) is 0 Å². The molecule has 1 atom stereocenters. The van der Waals surface area contributed by atoms with Gasteiger partial charge in [0.2, 0.25) is 5.91 Å². The van der Waals surface area contributed by atoms with E-state index in [1.807, 2.05) is 35.2 Å². The number of thioether (sulfide) groups is 1. The Morgan fingerprint density at radius 1 is 1.11 bits per heavy atom. The van der Waals surface area contributed by atoms with E-state index >= 15 is 0 Å². The molecule has 1 unspecified atom stereocenters. The minimum absolute atomic E-state index is 0.0301. The lowest BCUT2D eigenvalue weighted by Gasteiger charge is -2.36. The maximum Gasteiger partial charge on any atom is 0.312 e. The van der Waals surface area contributed by atoms with E-state index in [0.29, 0.717) is 18.8 Å². The maximum atomic E-state index is 12.6. The van der Waals surface area contributed by atoms with Crippen molar-refractivity contribution in [1.82, 2.24) is 9.80 Å². The van der Waals surface area contributed by atoms with E-state index in [1.165, 1.54) is 12.8 Å².